The van der Waals surface area contributed by atoms with Crippen LogP contribution < -0.4 is 10.9 Å². The topological polar surface area (TPSA) is 83.2 Å². The van der Waals surface area contributed by atoms with Gasteiger partial charge in [0.2, 0.25) is 0 Å². The molecule has 0 unspecified atom stereocenters. The molecule has 0 aliphatic carbocycles. The third-order valence-electron chi connectivity index (χ3n) is 2.52. The third kappa shape index (κ3) is 2.92. The highest BCUT2D eigenvalue weighted by Gasteiger charge is 2.14. The van der Waals surface area contributed by atoms with Crippen LogP contribution in [0.25, 0.3) is 11.1 Å². The molecule has 0 saturated carbocycles. The maximum absolute atomic E-state index is 11.9. The fourth-order valence-corrected chi connectivity index (χ4v) is 1.64. The molecule has 2 aromatic rings. The minimum atomic E-state index is -0.735. The van der Waals surface area contributed by atoms with E-state index >= 15 is 0 Å². The molecule has 0 fully saturated rings. The summed E-state index contributed by atoms with van der Waals surface area (Å²) in [4.78, 5) is 25.6. The SMILES string of the molecule is COC(=O)NNC(=O)c1[nH]ccc1-c1ccccc1. The van der Waals surface area contributed by atoms with Gasteiger partial charge in [0.05, 0.1) is 7.11 Å². The molecule has 6 heteroatoms. The van der Waals surface area contributed by atoms with Gasteiger partial charge in [0.15, 0.2) is 0 Å². The van der Waals surface area contributed by atoms with Crippen LogP contribution in [0.5, 0.6) is 0 Å². The van der Waals surface area contributed by atoms with E-state index in [1.807, 2.05) is 30.3 Å². The Morgan fingerprint density at radius 2 is 1.84 bits per heavy atom. The van der Waals surface area contributed by atoms with Gasteiger partial charge in [-0.3, -0.25) is 10.2 Å². The number of carbonyl (C=O) groups is 2. The standard InChI is InChI=1S/C13H13N3O3/c1-19-13(18)16-15-12(17)11-10(7-8-14-11)9-5-3-2-4-6-9/h2-8,14H,1H3,(H,15,17)(H,16,18). The summed E-state index contributed by atoms with van der Waals surface area (Å²) in [5, 5.41) is 0. The second kappa shape index (κ2) is 5.72. The van der Waals surface area contributed by atoms with E-state index in [1.54, 1.807) is 12.3 Å². The Balaban J connectivity index is 2.16. The van der Waals surface area contributed by atoms with Crippen molar-refractivity contribution in [3.05, 3.63) is 48.3 Å². The molecule has 1 heterocycles. The predicted octanol–water partition coefficient (Wildman–Crippen LogP) is 1.68. The molecule has 6 nitrogen and oxygen atoms in total. The number of benzene rings is 1. The number of H-pyrrole nitrogens is 1. The molecule has 19 heavy (non-hydrogen) atoms. The first-order chi connectivity index (χ1) is 9.22. The average Bonchev–Trinajstić information content (AvgIpc) is 2.94. The zero-order valence-electron chi connectivity index (χ0n) is 10.3. The Hall–Kier alpha value is -2.76. The first-order valence-corrected chi connectivity index (χ1v) is 5.59. The highest BCUT2D eigenvalue weighted by molar-refractivity contribution is 5.99. The van der Waals surface area contributed by atoms with Crippen molar-refractivity contribution in [3.8, 4) is 11.1 Å². The van der Waals surface area contributed by atoms with Gasteiger partial charge in [0.1, 0.15) is 5.69 Å². The highest BCUT2D eigenvalue weighted by atomic mass is 16.5. The van der Waals surface area contributed by atoms with Crippen molar-refractivity contribution in [2.45, 2.75) is 0 Å². The molecule has 0 aliphatic heterocycles. The van der Waals surface area contributed by atoms with Crippen molar-refractivity contribution >= 4 is 12.0 Å². The zero-order chi connectivity index (χ0) is 13.7. The Kier molecular flexibility index (Phi) is 3.82. The van der Waals surface area contributed by atoms with Crippen LogP contribution in [0.4, 0.5) is 4.79 Å². The summed E-state index contributed by atoms with van der Waals surface area (Å²) < 4.78 is 4.36. The Bertz CT molecular complexity index is 578. The van der Waals surface area contributed by atoms with Gasteiger partial charge in [-0.05, 0) is 11.6 Å². The number of nitrogens with one attached hydrogen (secondary N) is 3. The summed E-state index contributed by atoms with van der Waals surface area (Å²) in [5.74, 6) is -0.450. The lowest BCUT2D eigenvalue weighted by molar-refractivity contribution is 0.0917. The van der Waals surface area contributed by atoms with Crippen molar-refractivity contribution in [1.82, 2.24) is 15.8 Å². The number of aromatic amines is 1. The van der Waals surface area contributed by atoms with E-state index in [0.29, 0.717) is 5.69 Å². The predicted molar refractivity (Wildman–Crippen MR) is 69.2 cm³/mol. The lowest BCUT2D eigenvalue weighted by Gasteiger charge is -2.07. The van der Waals surface area contributed by atoms with Crippen LogP contribution in [0.3, 0.4) is 0 Å². The van der Waals surface area contributed by atoms with E-state index < -0.39 is 12.0 Å². The van der Waals surface area contributed by atoms with Gasteiger partial charge in [-0.15, -0.1) is 0 Å². The maximum Gasteiger partial charge on any atom is 0.425 e. The first kappa shape index (κ1) is 12.7. The summed E-state index contributed by atoms with van der Waals surface area (Å²) in [6.45, 7) is 0. The molecule has 0 radical (unpaired) electrons. The van der Waals surface area contributed by atoms with E-state index in [9.17, 15) is 9.59 Å². The first-order valence-electron chi connectivity index (χ1n) is 5.59. The monoisotopic (exact) mass is 259 g/mol. The van der Waals surface area contributed by atoms with Gasteiger partial charge in [-0.25, -0.2) is 10.2 Å². The number of aromatic nitrogens is 1. The molecule has 1 aromatic carbocycles. The number of carbonyl (C=O) groups excluding carboxylic acids is 2. The maximum atomic E-state index is 11.9. The number of amides is 2. The smallest absolute Gasteiger partial charge is 0.425 e. The van der Waals surface area contributed by atoms with Crippen LogP contribution in [0.1, 0.15) is 10.5 Å². The molecule has 0 aliphatic rings. The molecule has 0 bridgehead atoms. The van der Waals surface area contributed by atoms with Crippen LogP contribution in [0.15, 0.2) is 42.6 Å². The van der Waals surface area contributed by atoms with Gasteiger partial charge in [-0.2, -0.15) is 0 Å². The molecular formula is C13H13N3O3. The Labute approximate surface area is 109 Å². The number of hydrogen-bond acceptors (Lipinski definition) is 3. The van der Waals surface area contributed by atoms with Crippen LogP contribution in [0, 0.1) is 0 Å². The molecule has 98 valence electrons. The van der Waals surface area contributed by atoms with E-state index in [0.717, 1.165) is 11.1 Å². The molecule has 1 aromatic heterocycles. The Morgan fingerprint density at radius 1 is 1.11 bits per heavy atom. The molecule has 2 rings (SSSR count). The van der Waals surface area contributed by atoms with Crippen LogP contribution >= 0.6 is 0 Å². The summed E-state index contributed by atoms with van der Waals surface area (Å²) in [6, 6.07) is 11.3. The van der Waals surface area contributed by atoms with E-state index in [4.69, 9.17) is 0 Å². The third-order valence-corrected chi connectivity index (χ3v) is 2.52. The van der Waals surface area contributed by atoms with Gasteiger partial charge in [0, 0.05) is 11.8 Å². The molecule has 0 spiro atoms. The van der Waals surface area contributed by atoms with E-state index in [1.165, 1.54) is 7.11 Å². The number of hydrogen-bond donors (Lipinski definition) is 3. The zero-order valence-corrected chi connectivity index (χ0v) is 10.3. The van der Waals surface area contributed by atoms with Crippen LogP contribution in [-0.2, 0) is 4.74 Å². The largest absolute Gasteiger partial charge is 0.452 e. The molecule has 2 amide bonds. The van der Waals surface area contributed by atoms with E-state index in [-0.39, 0.29) is 0 Å². The van der Waals surface area contributed by atoms with Crippen molar-refractivity contribution in [2.24, 2.45) is 0 Å². The quantitative estimate of drug-likeness (QED) is 0.717. The summed E-state index contributed by atoms with van der Waals surface area (Å²) in [6.07, 6.45) is 0.927. The van der Waals surface area contributed by atoms with Crippen LogP contribution in [-0.4, -0.2) is 24.1 Å². The number of rotatable bonds is 2. The minimum absolute atomic E-state index is 0.364. The number of hydrazine groups is 1. The fraction of sp³-hybridized carbons (Fsp3) is 0.0769. The van der Waals surface area contributed by atoms with Crippen molar-refractivity contribution < 1.29 is 14.3 Å². The van der Waals surface area contributed by atoms with Crippen molar-refractivity contribution in [1.29, 1.82) is 0 Å². The summed E-state index contributed by atoms with van der Waals surface area (Å²) >= 11 is 0. The van der Waals surface area contributed by atoms with Gasteiger partial charge >= 0.3 is 6.09 Å². The van der Waals surface area contributed by atoms with E-state index in [2.05, 4.69) is 20.6 Å². The van der Waals surface area contributed by atoms with Crippen molar-refractivity contribution in [2.75, 3.05) is 7.11 Å². The normalized spacial score (nSPS) is 9.74. The van der Waals surface area contributed by atoms with Crippen molar-refractivity contribution in [3.63, 3.8) is 0 Å². The second-order valence-corrected chi connectivity index (χ2v) is 3.70. The average molecular weight is 259 g/mol. The molecule has 0 saturated heterocycles. The lowest BCUT2D eigenvalue weighted by Crippen LogP contribution is -2.41. The Morgan fingerprint density at radius 3 is 2.53 bits per heavy atom. The summed E-state index contributed by atoms with van der Waals surface area (Å²) in [7, 11) is 1.21. The number of ether oxygens (including phenoxy) is 1. The molecule has 0 atom stereocenters. The van der Waals surface area contributed by atoms with Gasteiger partial charge < -0.3 is 9.72 Å². The van der Waals surface area contributed by atoms with Gasteiger partial charge in [-0.1, -0.05) is 30.3 Å². The summed E-state index contributed by atoms with van der Waals surface area (Å²) in [5.41, 5.74) is 6.40. The molecule has 3 N–H and O–H groups in total. The minimum Gasteiger partial charge on any atom is -0.452 e. The highest BCUT2D eigenvalue weighted by Crippen LogP contribution is 2.22. The number of methoxy groups -OCH3 is 1. The lowest BCUT2D eigenvalue weighted by atomic mass is 10.1. The van der Waals surface area contributed by atoms with Crippen LogP contribution in [0.2, 0.25) is 0 Å². The fourth-order valence-electron chi connectivity index (χ4n) is 1.64. The van der Waals surface area contributed by atoms with Gasteiger partial charge in [0.25, 0.3) is 5.91 Å². The second-order valence-electron chi connectivity index (χ2n) is 3.70. The molecular weight excluding hydrogens is 246 g/mol.